The van der Waals surface area contributed by atoms with Crippen molar-refractivity contribution in [2.24, 2.45) is 40.5 Å². The summed E-state index contributed by atoms with van der Waals surface area (Å²) >= 11 is 0. The maximum Gasteiger partial charge on any atom is 0.326 e. The van der Waals surface area contributed by atoms with Crippen molar-refractivity contribution in [3.05, 3.63) is 35.9 Å². The molecule has 0 aliphatic carbocycles. The summed E-state index contributed by atoms with van der Waals surface area (Å²) in [5.41, 5.74) is 29.3. The third kappa shape index (κ3) is 18.3. The lowest BCUT2D eigenvalue weighted by Crippen LogP contribution is -2.60. The van der Waals surface area contributed by atoms with Gasteiger partial charge in [-0.2, -0.15) is 0 Å². The Morgan fingerprint density at radius 2 is 0.839 bits per heavy atom. The number of carboxylic acid groups (broad SMARTS) is 1. The molecule has 17 N–H and O–H groups in total. The molecule has 0 saturated carbocycles. The van der Waals surface area contributed by atoms with Gasteiger partial charge in [0.15, 0.2) is 0 Å². The van der Waals surface area contributed by atoms with Crippen LogP contribution in [0.25, 0.3) is 0 Å². The van der Waals surface area contributed by atoms with Crippen LogP contribution in [0.4, 0.5) is 0 Å². The summed E-state index contributed by atoms with van der Waals surface area (Å²) in [5.74, 6) is -5.66. The summed E-state index contributed by atoms with van der Waals surface area (Å²) in [6.45, 7) is 7.41. The van der Waals surface area contributed by atoms with E-state index in [9.17, 15) is 38.7 Å². The molecule has 0 aliphatic heterocycles. The number of nitrogens with one attached hydrogen (secondary N) is 6. The molecule has 0 aromatic heterocycles. The van der Waals surface area contributed by atoms with Crippen molar-refractivity contribution in [3.63, 3.8) is 0 Å². The zero-order valence-electron chi connectivity index (χ0n) is 33.1. The molecule has 1 aromatic rings. The molecule has 0 saturated heterocycles. The van der Waals surface area contributed by atoms with Gasteiger partial charge >= 0.3 is 5.97 Å². The van der Waals surface area contributed by atoms with Crippen molar-refractivity contribution in [1.82, 2.24) is 31.9 Å². The van der Waals surface area contributed by atoms with E-state index in [1.807, 2.05) is 13.8 Å². The summed E-state index contributed by atoms with van der Waals surface area (Å²) in [6, 6.07) is 0.697. The normalized spacial score (nSPS) is 15.0. The number of amides is 6. The Bertz CT molecular complexity index is 1420. The van der Waals surface area contributed by atoms with Crippen LogP contribution in [0.3, 0.4) is 0 Å². The van der Waals surface area contributed by atoms with Crippen LogP contribution < -0.4 is 60.6 Å². The molecule has 56 heavy (non-hydrogen) atoms. The van der Waals surface area contributed by atoms with Crippen LogP contribution in [0.2, 0.25) is 0 Å². The van der Waals surface area contributed by atoms with Gasteiger partial charge in [-0.3, -0.25) is 28.8 Å². The highest BCUT2D eigenvalue weighted by atomic mass is 16.4. The standard InChI is InChI=1S/C37H65N11O8/c1-21(2)18-28(35(53)45-26(12-16-40)32(50)44-27(13-17-41)34(52)48-30(37(55)56)19-22(3)4)46-36(54)29(20-23-8-6-5-7-9-23)47-33(51)25(11-15-39)43-31(49)24(42)10-14-38/h5-9,21-22,24-30H,10-20,38-42H2,1-4H3,(H,43,49)(H,44,50)(H,45,53)(H,46,54)(H,47,51)(H,48,52)(H,55,56)/t24-,25-,26-,27-,28-,29+,30-/m0/s1. The van der Waals surface area contributed by atoms with E-state index < -0.39 is 83.7 Å². The summed E-state index contributed by atoms with van der Waals surface area (Å²) in [7, 11) is 0. The Balaban J connectivity index is 3.31. The average Bonchev–Trinajstić information content (AvgIpc) is 3.13. The number of nitrogens with two attached hydrogens (primary N) is 5. The maximum absolute atomic E-state index is 14.0. The van der Waals surface area contributed by atoms with E-state index in [-0.39, 0.29) is 83.0 Å². The van der Waals surface area contributed by atoms with E-state index in [2.05, 4.69) is 31.9 Å². The van der Waals surface area contributed by atoms with Gasteiger partial charge in [0, 0.05) is 6.42 Å². The fourth-order valence-electron chi connectivity index (χ4n) is 5.71. The van der Waals surface area contributed by atoms with E-state index in [0.717, 1.165) is 0 Å². The zero-order chi connectivity index (χ0) is 42.4. The molecular formula is C37H65N11O8. The zero-order valence-corrected chi connectivity index (χ0v) is 33.1. The van der Waals surface area contributed by atoms with Crippen LogP contribution in [0.1, 0.15) is 71.8 Å². The number of aliphatic carboxylic acids is 1. The predicted octanol–water partition coefficient (Wildman–Crippen LogP) is -2.96. The number of hydrogen-bond donors (Lipinski definition) is 12. The van der Waals surface area contributed by atoms with E-state index in [1.54, 1.807) is 44.2 Å². The molecule has 0 radical (unpaired) electrons. The van der Waals surface area contributed by atoms with Crippen LogP contribution in [-0.2, 0) is 40.0 Å². The van der Waals surface area contributed by atoms with Crippen LogP contribution >= 0.6 is 0 Å². The Morgan fingerprint density at radius 3 is 1.25 bits per heavy atom. The smallest absolute Gasteiger partial charge is 0.326 e. The number of rotatable bonds is 27. The maximum atomic E-state index is 14.0. The first-order chi connectivity index (χ1) is 26.5. The van der Waals surface area contributed by atoms with E-state index in [1.165, 1.54) is 0 Å². The Morgan fingerprint density at radius 1 is 0.500 bits per heavy atom. The summed E-state index contributed by atoms with van der Waals surface area (Å²) < 4.78 is 0. The molecule has 0 bridgehead atoms. The molecule has 19 heteroatoms. The van der Waals surface area contributed by atoms with Crippen molar-refractivity contribution in [2.45, 2.75) is 115 Å². The summed E-state index contributed by atoms with van der Waals surface area (Å²) in [5, 5.41) is 25.2. The molecule has 0 aliphatic rings. The van der Waals surface area contributed by atoms with Crippen molar-refractivity contribution in [3.8, 4) is 0 Å². The minimum atomic E-state index is -1.25. The van der Waals surface area contributed by atoms with Crippen LogP contribution in [-0.4, -0.2) is 115 Å². The van der Waals surface area contributed by atoms with Gasteiger partial charge < -0.3 is 65.7 Å². The van der Waals surface area contributed by atoms with Crippen molar-refractivity contribution in [2.75, 3.05) is 26.2 Å². The second-order valence-electron chi connectivity index (χ2n) is 14.6. The second-order valence-corrected chi connectivity index (χ2v) is 14.6. The third-order valence-corrected chi connectivity index (χ3v) is 8.66. The van der Waals surface area contributed by atoms with Gasteiger partial charge in [0.05, 0.1) is 6.04 Å². The van der Waals surface area contributed by atoms with E-state index in [4.69, 9.17) is 28.7 Å². The Hall–Kier alpha value is -4.69. The highest BCUT2D eigenvalue weighted by Crippen LogP contribution is 2.11. The first kappa shape index (κ1) is 49.3. The largest absolute Gasteiger partial charge is 0.480 e. The predicted molar refractivity (Wildman–Crippen MR) is 211 cm³/mol. The molecular weight excluding hydrogens is 726 g/mol. The SMILES string of the molecule is CC(C)C[C@H](NC(=O)[C@H](CCN)NC(=O)[C@H](CCN)NC(=O)[C@H](CC(C)C)NC(=O)[C@@H](Cc1ccccc1)NC(=O)[C@H](CCN)NC(=O)[C@@H](N)CCN)C(=O)O. The Kier molecular flexibility index (Phi) is 23.1. The molecule has 7 atom stereocenters. The first-order valence-electron chi connectivity index (χ1n) is 19.1. The van der Waals surface area contributed by atoms with Crippen LogP contribution in [0.15, 0.2) is 30.3 Å². The molecule has 0 spiro atoms. The second kappa shape index (κ2) is 26.2. The minimum absolute atomic E-state index is 0.0153. The van der Waals surface area contributed by atoms with Crippen molar-refractivity contribution >= 4 is 41.4 Å². The average molecular weight is 792 g/mol. The quantitative estimate of drug-likeness (QED) is 0.0424. The summed E-state index contributed by atoms with van der Waals surface area (Å²) in [6.07, 6.45) is 0.475. The van der Waals surface area contributed by atoms with Gasteiger partial charge in [-0.15, -0.1) is 0 Å². The highest BCUT2D eigenvalue weighted by molar-refractivity contribution is 5.97. The molecule has 6 amide bonds. The highest BCUT2D eigenvalue weighted by Gasteiger charge is 2.34. The fourth-order valence-corrected chi connectivity index (χ4v) is 5.71. The molecule has 0 unspecified atom stereocenters. The molecule has 19 nitrogen and oxygen atoms in total. The fraction of sp³-hybridized carbons (Fsp3) is 0.649. The van der Waals surface area contributed by atoms with Gasteiger partial charge in [-0.1, -0.05) is 58.0 Å². The van der Waals surface area contributed by atoms with Crippen LogP contribution in [0, 0.1) is 11.8 Å². The van der Waals surface area contributed by atoms with Crippen LogP contribution in [0.5, 0.6) is 0 Å². The lowest BCUT2D eigenvalue weighted by molar-refractivity contribution is -0.142. The lowest BCUT2D eigenvalue weighted by atomic mass is 10.00. The molecule has 0 heterocycles. The monoisotopic (exact) mass is 792 g/mol. The van der Waals surface area contributed by atoms with Gasteiger partial charge in [0.1, 0.15) is 36.3 Å². The molecule has 316 valence electrons. The lowest BCUT2D eigenvalue weighted by Gasteiger charge is -2.28. The minimum Gasteiger partial charge on any atom is -0.480 e. The molecule has 1 rings (SSSR count). The van der Waals surface area contributed by atoms with Crippen molar-refractivity contribution < 1.29 is 38.7 Å². The molecule has 1 aromatic carbocycles. The van der Waals surface area contributed by atoms with E-state index >= 15 is 0 Å². The third-order valence-electron chi connectivity index (χ3n) is 8.66. The number of carboxylic acids is 1. The van der Waals surface area contributed by atoms with Gasteiger partial charge in [0.25, 0.3) is 0 Å². The number of benzene rings is 1. The van der Waals surface area contributed by atoms with Gasteiger partial charge in [-0.05, 0) is 82.1 Å². The molecule has 0 fully saturated rings. The first-order valence-corrected chi connectivity index (χ1v) is 19.1. The van der Waals surface area contributed by atoms with Crippen molar-refractivity contribution in [1.29, 1.82) is 0 Å². The number of carbonyl (C=O) groups is 7. The van der Waals surface area contributed by atoms with Gasteiger partial charge in [-0.25, -0.2) is 4.79 Å². The van der Waals surface area contributed by atoms with Gasteiger partial charge in [0.2, 0.25) is 35.4 Å². The topological polar surface area (TPSA) is 342 Å². The summed E-state index contributed by atoms with van der Waals surface area (Å²) in [4.78, 5) is 92.4. The number of hydrogen-bond acceptors (Lipinski definition) is 12. The Labute approximate surface area is 329 Å². The van der Waals surface area contributed by atoms with E-state index in [0.29, 0.717) is 5.56 Å². The number of carbonyl (C=O) groups excluding carboxylic acids is 6.